The molecule has 1 atom stereocenters. The van der Waals surface area contributed by atoms with Gasteiger partial charge in [-0.2, -0.15) is 17.9 Å². The molecule has 2 N–H and O–H groups in total. The summed E-state index contributed by atoms with van der Waals surface area (Å²) in [6.07, 6.45) is -5.41. The van der Waals surface area contributed by atoms with E-state index in [-0.39, 0.29) is 11.4 Å². The second-order valence-electron chi connectivity index (χ2n) is 5.71. The first-order chi connectivity index (χ1) is 13.6. The van der Waals surface area contributed by atoms with Crippen LogP contribution in [-0.2, 0) is 19.6 Å². The molecule has 0 aliphatic heterocycles. The van der Waals surface area contributed by atoms with Gasteiger partial charge in [0.15, 0.2) is 0 Å². The van der Waals surface area contributed by atoms with Crippen molar-refractivity contribution in [3.63, 3.8) is 0 Å². The number of alkyl halides is 3. The van der Waals surface area contributed by atoms with Gasteiger partial charge in [0.1, 0.15) is 5.75 Å². The van der Waals surface area contributed by atoms with E-state index in [1.807, 2.05) is 5.32 Å². The van der Waals surface area contributed by atoms with E-state index in [4.69, 9.17) is 4.74 Å². The summed E-state index contributed by atoms with van der Waals surface area (Å²) in [6.45, 7) is 0.894. The molecule has 0 aromatic heterocycles. The molecule has 29 heavy (non-hydrogen) atoms. The molecule has 2 aromatic rings. The largest absolute Gasteiger partial charge is 0.495 e. The van der Waals surface area contributed by atoms with E-state index in [9.17, 15) is 26.4 Å². The SMILES string of the molecule is CCOC(=O)[C@@](Nc1ccccc1OC)(NS(=O)(=O)c1ccccc1)C(F)(F)F. The van der Waals surface area contributed by atoms with Crippen LogP contribution in [0.15, 0.2) is 59.5 Å². The number of sulfonamides is 1. The van der Waals surface area contributed by atoms with Gasteiger partial charge in [0.05, 0.1) is 24.3 Å². The van der Waals surface area contributed by atoms with Crippen molar-refractivity contribution in [3.8, 4) is 5.75 Å². The Hall–Kier alpha value is -2.79. The Bertz CT molecular complexity index is 951. The van der Waals surface area contributed by atoms with Crippen LogP contribution >= 0.6 is 0 Å². The van der Waals surface area contributed by atoms with Gasteiger partial charge in [-0.25, -0.2) is 13.2 Å². The maximum atomic E-state index is 14.2. The molecule has 2 rings (SSSR count). The Labute approximate surface area is 165 Å². The number of para-hydroxylation sites is 2. The zero-order chi connectivity index (χ0) is 21.7. The smallest absolute Gasteiger partial charge is 0.437 e. The highest BCUT2D eigenvalue weighted by Gasteiger charge is 2.64. The summed E-state index contributed by atoms with van der Waals surface area (Å²) in [6, 6.07) is 11.8. The zero-order valence-electron chi connectivity index (χ0n) is 15.5. The number of anilines is 1. The van der Waals surface area contributed by atoms with Gasteiger partial charge in [-0.05, 0) is 31.2 Å². The molecule has 2 aromatic carbocycles. The van der Waals surface area contributed by atoms with E-state index in [1.165, 1.54) is 61.2 Å². The van der Waals surface area contributed by atoms with E-state index in [0.29, 0.717) is 0 Å². The van der Waals surface area contributed by atoms with Crippen LogP contribution in [0.2, 0.25) is 0 Å². The maximum absolute atomic E-state index is 14.2. The van der Waals surface area contributed by atoms with Crippen molar-refractivity contribution < 1.29 is 35.9 Å². The van der Waals surface area contributed by atoms with Crippen molar-refractivity contribution in [1.82, 2.24) is 4.72 Å². The van der Waals surface area contributed by atoms with Crippen molar-refractivity contribution in [2.24, 2.45) is 0 Å². The summed E-state index contributed by atoms with van der Waals surface area (Å²) in [5.41, 5.74) is -4.07. The summed E-state index contributed by atoms with van der Waals surface area (Å²) in [7, 11) is -3.56. The van der Waals surface area contributed by atoms with Crippen LogP contribution < -0.4 is 14.8 Å². The zero-order valence-corrected chi connectivity index (χ0v) is 16.3. The monoisotopic (exact) mass is 432 g/mol. The first-order valence-electron chi connectivity index (χ1n) is 8.31. The predicted molar refractivity (Wildman–Crippen MR) is 98.8 cm³/mol. The lowest BCUT2D eigenvalue weighted by atomic mass is 10.1. The maximum Gasteiger partial charge on any atom is 0.437 e. The minimum atomic E-state index is -5.41. The average Bonchev–Trinajstić information content (AvgIpc) is 2.67. The molecule has 0 unspecified atom stereocenters. The predicted octanol–water partition coefficient (Wildman–Crippen LogP) is 2.91. The third-order valence-electron chi connectivity index (χ3n) is 3.78. The summed E-state index contributed by atoms with van der Waals surface area (Å²) in [4.78, 5) is 12.0. The number of hydrogen-bond donors (Lipinski definition) is 2. The van der Waals surface area contributed by atoms with Gasteiger partial charge in [0.2, 0.25) is 10.0 Å². The lowest BCUT2D eigenvalue weighted by Gasteiger charge is -2.35. The van der Waals surface area contributed by atoms with Gasteiger partial charge in [-0.1, -0.05) is 30.3 Å². The second-order valence-corrected chi connectivity index (χ2v) is 7.39. The van der Waals surface area contributed by atoms with Crippen LogP contribution in [0.1, 0.15) is 6.92 Å². The number of carbonyl (C=O) groups is 1. The number of nitrogens with one attached hydrogen (secondary N) is 2. The Morgan fingerprint density at radius 3 is 2.17 bits per heavy atom. The molecule has 11 heteroatoms. The molecule has 0 bridgehead atoms. The summed E-state index contributed by atoms with van der Waals surface area (Å²) < 4.78 is 78.9. The molecule has 0 amide bonds. The van der Waals surface area contributed by atoms with Crippen LogP contribution in [0, 0.1) is 0 Å². The second kappa shape index (κ2) is 8.70. The number of halogens is 3. The third kappa shape index (κ3) is 4.80. The lowest BCUT2D eigenvalue weighted by molar-refractivity contribution is -0.202. The van der Waals surface area contributed by atoms with Crippen LogP contribution in [0.5, 0.6) is 5.75 Å². The molecular weight excluding hydrogens is 413 g/mol. The Morgan fingerprint density at radius 2 is 1.62 bits per heavy atom. The van der Waals surface area contributed by atoms with Crippen molar-refractivity contribution >= 4 is 21.7 Å². The molecule has 0 aliphatic rings. The number of carbonyl (C=O) groups excluding carboxylic acids is 1. The van der Waals surface area contributed by atoms with Gasteiger partial charge in [0.25, 0.3) is 5.66 Å². The fraction of sp³-hybridized carbons (Fsp3) is 0.278. The van der Waals surface area contributed by atoms with Crippen LogP contribution in [0.3, 0.4) is 0 Å². The van der Waals surface area contributed by atoms with E-state index in [1.54, 1.807) is 0 Å². The van der Waals surface area contributed by atoms with E-state index >= 15 is 0 Å². The first-order valence-corrected chi connectivity index (χ1v) is 9.80. The van der Waals surface area contributed by atoms with E-state index in [2.05, 4.69) is 4.74 Å². The van der Waals surface area contributed by atoms with Crippen molar-refractivity contribution in [2.45, 2.75) is 23.7 Å². The lowest BCUT2D eigenvalue weighted by Crippen LogP contribution is -2.69. The van der Waals surface area contributed by atoms with Crippen molar-refractivity contribution in [1.29, 1.82) is 0 Å². The highest BCUT2D eigenvalue weighted by atomic mass is 32.2. The van der Waals surface area contributed by atoms with Gasteiger partial charge >= 0.3 is 12.1 Å². The quantitative estimate of drug-likeness (QED) is 0.492. The number of rotatable bonds is 8. The number of methoxy groups -OCH3 is 1. The van der Waals surface area contributed by atoms with Gasteiger partial charge < -0.3 is 14.8 Å². The van der Waals surface area contributed by atoms with Crippen LogP contribution in [0.25, 0.3) is 0 Å². The molecule has 0 spiro atoms. The van der Waals surface area contributed by atoms with E-state index in [0.717, 1.165) is 12.1 Å². The standard InChI is InChI=1S/C18H19F3N2O5S/c1-3-28-16(24)17(18(19,20)21,22-14-11-7-8-12-15(14)27-2)23-29(25,26)13-9-5-4-6-10-13/h4-12,22-23H,3H2,1-2H3/t17-/m1/s1. The van der Waals surface area contributed by atoms with Crippen molar-refractivity contribution in [2.75, 3.05) is 19.0 Å². The van der Waals surface area contributed by atoms with Crippen molar-refractivity contribution in [3.05, 3.63) is 54.6 Å². The van der Waals surface area contributed by atoms with Crippen LogP contribution in [-0.4, -0.2) is 39.9 Å². The average molecular weight is 432 g/mol. The molecule has 0 saturated carbocycles. The van der Waals surface area contributed by atoms with E-state index < -0.39 is 39.3 Å². The number of hydrogen-bond acceptors (Lipinski definition) is 6. The molecule has 7 nitrogen and oxygen atoms in total. The van der Waals surface area contributed by atoms with Gasteiger partial charge in [0, 0.05) is 0 Å². The van der Waals surface area contributed by atoms with Gasteiger partial charge in [-0.3, -0.25) is 0 Å². The summed E-state index contributed by atoms with van der Waals surface area (Å²) >= 11 is 0. The molecule has 0 saturated heterocycles. The highest BCUT2D eigenvalue weighted by molar-refractivity contribution is 7.89. The summed E-state index contributed by atoms with van der Waals surface area (Å²) in [5, 5.41) is 1.95. The van der Waals surface area contributed by atoms with Gasteiger partial charge in [-0.15, -0.1) is 0 Å². The number of benzene rings is 2. The highest BCUT2D eigenvalue weighted by Crippen LogP contribution is 2.37. The molecule has 0 radical (unpaired) electrons. The summed E-state index contributed by atoms with van der Waals surface area (Å²) in [5.74, 6) is -1.90. The van der Waals surface area contributed by atoms with Crippen LogP contribution in [0.4, 0.5) is 18.9 Å². The minimum Gasteiger partial charge on any atom is -0.495 e. The fourth-order valence-electron chi connectivity index (χ4n) is 2.41. The fourth-order valence-corrected chi connectivity index (χ4v) is 3.70. The third-order valence-corrected chi connectivity index (χ3v) is 5.24. The Kier molecular flexibility index (Phi) is 6.75. The molecule has 0 heterocycles. The normalized spacial score (nSPS) is 14.0. The number of ether oxygens (including phenoxy) is 2. The Morgan fingerprint density at radius 1 is 1.03 bits per heavy atom. The molecule has 0 fully saturated rings. The Balaban J connectivity index is 2.64. The first kappa shape index (κ1) is 22.5. The molecule has 158 valence electrons. The molecule has 0 aliphatic carbocycles. The topological polar surface area (TPSA) is 93.7 Å². The number of esters is 1. The minimum absolute atomic E-state index is 0.0377. The molecular formula is C18H19F3N2O5S.